The maximum atomic E-state index is 8.25. The van der Waals surface area contributed by atoms with Gasteiger partial charge < -0.3 is 19.9 Å². The van der Waals surface area contributed by atoms with E-state index in [0.717, 1.165) is 40.7 Å². The van der Waals surface area contributed by atoms with Crippen LogP contribution in [0.5, 0.6) is 5.75 Å². The number of nitrogens with one attached hydrogen (secondary N) is 1. The highest BCUT2D eigenvalue weighted by Gasteiger charge is 2.21. The zero-order chi connectivity index (χ0) is 17.1. The van der Waals surface area contributed by atoms with Crippen LogP contribution >= 0.6 is 11.3 Å². The van der Waals surface area contributed by atoms with E-state index in [9.17, 15) is 0 Å². The van der Waals surface area contributed by atoms with Crippen LogP contribution in [0, 0.1) is 5.41 Å². The number of rotatable bonds is 6. The van der Waals surface area contributed by atoms with Gasteiger partial charge in [0.25, 0.3) is 0 Å². The molecule has 4 nitrogen and oxygen atoms in total. The molecule has 1 aromatic heterocycles. The van der Waals surface area contributed by atoms with E-state index in [1.165, 1.54) is 0 Å². The molecule has 1 aromatic carbocycles. The van der Waals surface area contributed by atoms with Gasteiger partial charge in [0.1, 0.15) is 12.4 Å². The molecule has 1 N–H and O–H groups in total. The molecule has 2 aromatic rings. The Labute approximate surface area is 147 Å². The fourth-order valence-electron chi connectivity index (χ4n) is 2.74. The Hall–Kier alpha value is -2.11. The first-order chi connectivity index (χ1) is 11.5. The van der Waals surface area contributed by atoms with Gasteiger partial charge in [0, 0.05) is 30.1 Å². The van der Waals surface area contributed by atoms with E-state index in [1.54, 1.807) is 11.3 Å². The van der Waals surface area contributed by atoms with Gasteiger partial charge >= 0.3 is 0 Å². The third-order valence-electron chi connectivity index (χ3n) is 4.06. The highest BCUT2D eigenvalue weighted by atomic mass is 32.1. The molecule has 0 atom stereocenters. The quantitative estimate of drug-likeness (QED) is 0.816. The van der Waals surface area contributed by atoms with Crippen molar-refractivity contribution >= 4 is 22.7 Å². The molecule has 0 amide bonds. The van der Waals surface area contributed by atoms with E-state index in [2.05, 4.69) is 48.7 Å². The summed E-state index contributed by atoms with van der Waals surface area (Å²) in [4.78, 5) is 5.42. The van der Waals surface area contributed by atoms with Gasteiger partial charge in [0.05, 0.1) is 11.4 Å². The summed E-state index contributed by atoms with van der Waals surface area (Å²) in [5, 5.41) is 10.3. The molecule has 0 spiro atoms. The Morgan fingerprint density at radius 2 is 2.21 bits per heavy atom. The number of anilines is 1. The Kier molecular flexibility index (Phi) is 5.02. The SMILES string of the molecule is C=C1COc2cc(CC(=N)c3cccs3)ccc2N1CCN(C)C. The molecular formula is C19H23N3OS. The third kappa shape index (κ3) is 3.68. The Morgan fingerprint density at radius 3 is 2.92 bits per heavy atom. The van der Waals surface area contributed by atoms with E-state index >= 15 is 0 Å². The molecule has 0 aliphatic carbocycles. The lowest BCUT2D eigenvalue weighted by atomic mass is 10.1. The van der Waals surface area contributed by atoms with Crippen molar-refractivity contribution < 1.29 is 4.74 Å². The van der Waals surface area contributed by atoms with Gasteiger partial charge in [-0.15, -0.1) is 11.3 Å². The maximum absolute atomic E-state index is 8.25. The molecule has 3 rings (SSSR count). The van der Waals surface area contributed by atoms with Crippen LogP contribution < -0.4 is 9.64 Å². The van der Waals surface area contributed by atoms with Crippen LogP contribution in [0.4, 0.5) is 5.69 Å². The zero-order valence-electron chi connectivity index (χ0n) is 14.2. The number of likely N-dealkylation sites (N-methyl/N-ethyl adjacent to an activating group) is 1. The molecule has 24 heavy (non-hydrogen) atoms. The number of benzene rings is 1. The van der Waals surface area contributed by atoms with Crippen LogP contribution in [0.15, 0.2) is 48.0 Å². The second kappa shape index (κ2) is 7.20. The van der Waals surface area contributed by atoms with Crippen LogP contribution in [0.2, 0.25) is 0 Å². The van der Waals surface area contributed by atoms with Crippen molar-refractivity contribution in [1.29, 1.82) is 5.41 Å². The molecular weight excluding hydrogens is 318 g/mol. The van der Waals surface area contributed by atoms with Gasteiger partial charge in [-0.3, -0.25) is 0 Å². The fraction of sp³-hybridized carbons (Fsp3) is 0.316. The molecule has 0 unspecified atom stereocenters. The molecule has 0 radical (unpaired) electrons. The molecule has 1 aliphatic rings. The molecule has 5 heteroatoms. The number of fused-ring (bicyclic) bond motifs is 1. The summed E-state index contributed by atoms with van der Waals surface area (Å²) in [6.45, 7) is 6.50. The molecule has 0 saturated heterocycles. The molecule has 0 fully saturated rings. The Bertz CT molecular complexity index is 737. The number of ether oxygens (including phenoxy) is 1. The lowest BCUT2D eigenvalue weighted by molar-refractivity contribution is 0.330. The largest absolute Gasteiger partial charge is 0.485 e. The zero-order valence-corrected chi connectivity index (χ0v) is 15.0. The lowest BCUT2D eigenvalue weighted by Gasteiger charge is -2.34. The number of hydrogen-bond acceptors (Lipinski definition) is 5. The second-order valence-electron chi connectivity index (χ2n) is 6.24. The topological polar surface area (TPSA) is 39.6 Å². The highest BCUT2D eigenvalue weighted by molar-refractivity contribution is 7.12. The van der Waals surface area contributed by atoms with E-state index in [4.69, 9.17) is 10.1 Å². The predicted molar refractivity (Wildman–Crippen MR) is 102 cm³/mol. The van der Waals surface area contributed by atoms with Gasteiger partial charge in [-0.1, -0.05) is 18.7 Å². The van der Waals surface area contributed by atoms with Gasteiger partial charge in [-0.05, 0) is 43.2 Å². The fourth-order valence-corrected chi connectivity index (χ4v) is 3.41. The standard InChI is InChI=1S/C19H23N3OS/c1-14-13-23-18-12-15(11-16(20)19-5-4-10-24-19)6-7-17(18)22(14)9-8-21(2)3/h4-7,10,12,20H,1,8-9,11,13H2,2-3H3. The van der Waals surface area contributed by atoms with Crippen LogP contribution in [0.1, 0.15) is 10.4 Å². The summed E-state index contributed by atoms with van der Waals surface area (Å²) in [5.41, 5.74) is 3.81. The minimum atomic E-state index is 0.520. The van der Waals surface area contributed by atoms with Crippen molar-refractivity contribution in [3.05, 3.63) is 58.4 Å². The number of hydrogen-bond donors (Lipinski definition) is 1. The predicted octanol–water partition coefficient (Wildman–Crippen LogP) is 3.63. The summed E-state index contributed by atoms with van der Waals surface area (Å²) < 4.78 is 5.86. The first-order valence-corrected chi connectivity index (χ1v) is 8.89. The first-order valence-electron chi connectivity index (χ1n) is 8.01. The van der Waals surface area contributed by atoms with Gasteiger partial charge in [0.15, 0.2) is 0 Å². The van der Waals surface area contributed by atoms with Crippen LogP contribution in [-0.4, -0.2) is 44.4 Å². The molecule has 0 bridgehead atoms. The van der Waals surface area contributed by atoms with Crippen molar-refractivity contribution in [2.75, 3.05) is 38.7 Å². The summed E-state index contributed by atoms with van der Waals surface area (Å²) in [5.74, 6) is 0.887. The summed E-state index contributed by atoms with van der Waals surface area (Å²) in [6.07, 6.45) is 0.621. The summed E-state index contributed by atoms with van der Waals surface area (Å²) in [7, 11) is 4.15. The average Bonchev–Trinajstić information content (AvgIpc) is 3.08. The van der Waals surface area contributed by atoms with Crippen LogP contribution in [-0.2, 0) is 6.42 Å². The van der Waals surface area contributed by atoms with Crippen molar-refractivity contribution in [1.82, 2.24) is 4.90 Å². The first kappa shape index (κ1) is 16.7. The second-order valence-corrected chi connectivity index (χ2v) is 7.19. The smallest absolute Gasteiger partial charge is 0.143 e. The molecule has 2 heterocycles. The minimum absolute atomic E-state index is 0.520. The third-order valence-corrected chi connectivity index (χ3v) is 4.99. The van der Waals surface area contributed by atoms with E-state index in [0.29, 0.717) is 18.7 Å². The molecule has 126 valence electrons. The van der Waals surface area contributed by atoms with Crippen molar-refractivity contribution in [2.45, 2.75) is 6.42 Å². The van der Waals surface area contributed by atoms with Crippen molar-refractivity contribution in [2.24, 2.45) is 0 Å². The normalized spacial score (nSPS) is 13.8. The number of nitrogens with zero attached hydrogens (tertiary/aromatic N) is 2. The Morgan fingerprint density at radius 1 is 1.38 bits per heavy atom. The van der Waals surface area contributed by atoms with E-state index in [1.807, 2.05) is 17.5 Å². The monoisotopic (exact) mass is 341 g/mol. The summed E-state index contributed by atoms with van der Waals surface area (Å²) in [6, 6.07) is 10.2. The van der Waals surface area contributed by atoms with Gasteiger partial charge in [-0.25, -0.2) is 0 Å². The number of thiophene rings is 1. The lowest BCUT2D eigenvalue weighted by Crippen LogP contribution is -2.35. The Balaban J connectivity index is 1.78. The van der Waals surface area contributed by atoms with Crippen LogP contribution in [0.3, 0.4) is 0 Å². The van der Waals surface area contributed by atoms with Crippen molar-refractivity contribution in [3.8, 4) is 5.75 Å². The van der Waals surface area contributed by atoms with E-state index in [-0.39, 0.29) is 0 Å². The van der Waals surface area contributed by atoms with E-state index < -0.39 is 0 Å². The maximum Gasteiger partial charge on any atom is 0.143 e. The molecule has 0 saturated carbocycles. The van der Waals surface area contributed by atoms with Crippen molar-refractivity contribution in [3.63, 3.8) is 0 Å². The molecule has 1 aliphatic heterocycles. The highest BCUT2D eigenvalue weighted by Crippen LogP contribution is 2.35. The summed E-state index contributed by atoms with van der Waals surface area (Å²) >= 11 is 1.61. The van der Waals surface area contributed by atoms with Gasteiger partial charge in [-0.2, -0.15) is 0 Å². The average molecular weight is 341 g/mol. The van der Waals surface area contributed by atoms with Gasteiger partial charge in [0.2, 0.25) is 0 Å². The minimum Gasteiger partial charge on any atom is -0.485 e. The van der Waals surface area contributed by atoms with Crippen LogP contribution in [0.25, 0.3) is 0 Å².